The summed E-state index contributed by atoms with van der Waals surface area (Å²) in [5.41, 5.74) is 0.887. The molecule has 2 aromatic carbocycles. The third-order valence-corrected chi connectivity index (χ3v) is 7.93. The number of hydrogen-bond donors (Lipinski definition) is 1. The Morgan fingerprint density at radius 2 is 1.73 bits per heavy atom. The van der Waals surface area contributed by atoms with Gasteiger partial charge in [0.15, 0.2) is 11.5 Å². The summed E-state index contributed by atoms with van der Waals surface area (Å²) in [5.74, 6) is -0.0114. The lowest BCUT2D eigenvalue weighted by Crippen LogP contribution is -2.53. The van der Waals surface area contributed by atoms with E-state index >= 15 is 0 Å². The van der Waals surface area contributed by atoms with E-state index in [9.17, 15) is 18.0 Å². The smallest absolute Gasteiger partial charge is 0.244 e. The van der Waals surface area contributed by atoms with E-state index in [1.807, 2.05) is 13.8 Å². The zero-order valence-electron chi connectivity index (χ0n) is 21.2. The molecule has 0 spiro atoms. The maximum Gasteiger partial charge on any atom is 0.244 e. The van der Waals surface area contributed by atoms with Crippen molar-refractivity contribution in [2.75, 3.05) is 23.9 Å². The molecular formula is C25H31Cl2N3O6S. The fourth-order valence-corrected chi connectivity index (χ4v) is 5.01. The molecule has 2 atom stereocenters. The molecule has 37 heavy (non-hydrogen) atoms. The van der Waals surface area contributed by atoms with Crippen LogP contribution in [0.1, 0.15) is 39.2 Å². The van der Waals surface area contributed by atoms with Crippen LogP contribution in [0.25, 0.3) is 0 Å². The van der Waals surface area contributed by atoms with E-state index in [1.165, 1.54) is 17.0 Å². The van der Waals surface area contributed by atoms with Gasteiger partial charge in [0.05, 0.1) is 22.0 Å². The Morgan fingerprint density at radius 3 is 2.35 bits per heavy atom. The highest BCUT2D eigenvalue weighted by molar-refractivity contribution is 7.92. The minimum atomic E-state index is -3.87. The van der Waals surface area contributed by atoms with Crippen LogP contribution in [-0.4, -0.2) is 56.8 Å². The van der Waals surface area contributed by atoms with Gasteiger partial charge < -0.3 is 19.7 Å². The van der Waals surface area contributed by atoms with Crippen molar-refractivity contribution in [3.05, 3.63) is 52.0 Å². The zero-order valence-corrected chi connectivity index (χ0v) is 23.5. The van der Waals surface area contributed by atoms with Crippen LogP contribution >= 0.6 is 23.2 Å². The van der Waals surface area contributed by atoms with Gasteiger partial charge in [-0.05, 0) is 49.6 Å². The summed E-state index contributed by atoms with van der Waals surface area (Å²) in [6.07, 6.45) is 2.05. The normalized spacial score (nSPS) is 14.1. The van der Waals surface area contributed by atoms with Gasteiger partial charge in [-0.15, -0.1) is 0 Å². The minimum Gasteiger partial charge on any atom is -0.454 e. The van der Waals surface area contributed by atoms with Crippen LogP contribution in [0.15, 0.2) is 36.4 Å². The molecule has 0 bridgehead atoms. The number of fused-ring (bicyclic) bond motifs is 1. The highest BCUT2D eigenvalue weighted by atomic mass is 35.5. The summed E-state index contributed by atoms with van der Waals surface area (Å²) in [5, 5.41) is 3.59. The van der Waals surface area contributed by atoms with Gasteiger partial charge >= 0.3 is 0 Å². The number of carbonyl (C=O) groups is 2. The second-order valence-electron chi connectivity index (χ2n) is 8.82. The van der Waals surface area contributed by atoms with E-state index in [1.54, 1.807) is 31.2 Å². The minimum absolute atomic E-state index is 0.0253. The van der Waals surface area contributed by atoms with Gasteiger partial charge in [-0.2, -0.15) is 0 Å². The molecule has 0 fully saturated rings. The van der Waals surface area contributed by atoms with Crippen LogP contribution in [0.3, 0.4) is 0 Å². The van der Waals surface area contributed by atoms with E-state index in [-0.39, 0.29) is 31.0 Å². The Bertz CT molecular complexity index is 1260. The maximum atomic E-state index is 13.7. The Balaban J connectivity index is 1.96. The molecule has 0 aliphatic carbocycles. The topological polar surface area (TPSA) is 105 Å². The number of ether oxygens (including phenoxy) is 2. The van der Waals surface area contributed by atoms with Crippen molar-refractivity contribution < 1.29 is 27.5 Å². The number of sulfonamides is 1. The number of amides is 2. The Kier molecular flexibility index (Phi) is 9.55. The SMILES string of the molecule is CC[C@H](C(=O)N[C@@H](C)CC)N(Cc1ccc(Cl)c(Cl)c1)C(=O)CN(c1ccc2c(c1)OCO2)S(C)(=O)=O. The molecule has 9 nitrogen and oxygen atoms in total. The standard InChI is InChI=1S/C25H31Cl2N3O6S/c1-5-16(3)28-25(32)21(6-2)29(13-17-7-9-19(26)20(27)11-17)24(31)14-30(37(4,33)34)18-8-10-22-23(12-18)36-15-35-22/h7-12,16,21H,5-6,13-15H2,1-4H3,(H,28,32)/t16-,21+/m0/s1. The van der Waals surface area contributed by atoms with E-state index in [0.29, 0.717) is 33.5 Å². The predicted molar refractivity (Wildman–Crippen MR) is 144 cm³/mol. The van der Waals surface area contributed by atoms with Crippen LogP contribution in [0.2, 0.25) is 10.0 Å². The van der Waals surface area contributed by atoms with Gasteiger partial charge in [-0.1, -0.05) is 43.1 Å². The molecule has 12 heteroatoms. The van der Waals surface area contributed by atoms with Crippen molar-refractivity contribution in [3.8, 4) is 11.5 Å². The predicted octanol–water partition coefficient (Wildman–Crippen LogP) is 4.21. The van der Waals surface area contributed by atoms with Gasteiger partial charge in [0.1, 0.15) is 12.6 Å². The second kappa shape index (κ2) is 12.2. The van der Waals surface area contributed by atoms with E-state index in [4.69, 9.17) is 32.7 Å². The molecule has 0 unspecified atom stereocenters. The maximum absolute atomic E-state index is 13.7. The average Bonchev–Trinajstić information content (AvgIpc) is 3.31. The number of rotatable bonds is 11. The molecule has 0 radical (unpaired) electrons. The number of carbonyl (C=O) groups excluding carboxylic acids is 2. The number of halogens is 2. The number of benzene rings is 2. The van der Waals surface area contributed by atoms with Crippen LogP contribution in [0.5, 0.6) is 11.5 Å². The molecule has 0 aromatic heterocycles. The van der Waals surface area contributed by atoms with Crippen molar-refractivity contribution in [1.29, 1.82) is 0 Å². The van der Waals surface area contributed by atoms with Crippen LogP contribution in [0, 0.1) is 0 Å². The second-order valence-corrected chi connectivity index (χ2v) is 11.5. The number of hydrogen-bond acceptors (Lipinski definition) is 6. The van der Waals surface area contributed by atoms with E-state index in [2.05, 4.69) is 5.32 Å². The lowest BCUT2D eigenvalue weighted by atomic mass is 10.1. The largest absolute Gasteiger partial charge is 0.454 e. The van der Waals surface area contributed by atoms with Gasteiger partial charge in [0.25, 0.3) is 0 Å². The molecule has 3 rings (SSSR count). The Morgan fingerprint density at radius 1 is 1.03 bits per heavy atom. The summed E-state index contributed by atoms with van der Waals surface area (Å²) in [6.45, 7) is 5.15. The first-order chi connectivity index (χ1) is 17.4. The van der Waals surface area contributed by atoms with Gasteiger partial charge in [-0.25, -0.2) is 8.42 Å². The van der Waals surface area contributed by atoms with Gasteiger partial charge in [-0.3, -0.25) is 13.9 Å². The number of nitrogens with zero attached hydrogens (tertiary/aromatic N) is 2. The highest BCUT2D eigenvalue weighted by Crippen LogP contribution is 2.36. The molecule has 1 heterocycles. The third kappa shape index (κ3) is 7.21. The quantitative estimate of drug-likeness (QED) is 0.433. The third-order valence-electron chi connectivity index (χ3n) is 6.05. The van der Waals surface area contributed by atoms with Crippen molar-refractivity contribution in [1.82, 2.24) is 10.2 Å². The van der Waals surface area contributed by atoms with Crippen molar-refractivity contribution in [2.24, 2.45) is 0 Å². The highest BCUT2D eigenvalue weighted by Gasteiger charge is 2.32. The first-order valence-corrected chi connectivity index (χ1v) is 14.5. The molecule has 1 aliphatic rings. The fourth-order valence-electron chi connectivity index (χ4n) is 3.85. The van der Waals surface area contributed by atoms with Crippen LogP contribution in [-0.2, 0) is 26.2 Å². The van der Waals surface area contributed by atoms with E-state index < -0.39 is 28.5 Å². The summed E-state index contributed by atoms with van der Waals surface area (Å²) in [6, 6.07) is 8.64. The van der Waals surface area contributed by atoms with Crippen molar-refractivity contribution in [2.45, 2.75) is 52.2 Å². The van der Waals surface area contributed by atoms with E-state index in [0.717, 1.165) is 17.0 Å². The van der Waals surface area contributed by atoms with Gasteiger partial charge in [0, 0.05) is 18.7 Å². The molecule has 0 saturated carbocycles. The number of nitrogens with one attached hydrogen (secondary N) is 1. The molecule has 0 saturated heterocycles. The monoisotopic (exact) mass is 571 g/mol. The molecule has 1 aliphatic heterocycles. The molecule has 202 valence electrons. The van der Waals surface area contributed by atoms with Crippen molar-refractivity contribution >= 4 is 50.7 Å². The Labute approximate surface area is 227 Å². The number of anilines is 1. The van der Waals surface area contributed by atoms with Crippen LogP contribution in [0.4, 0.5) is 5.69 Å². The van der Waals surface area contributed by atoms with Crippen molar-refractivity contribution in [3.63, 3.8) is 0 Å². The summed E-state index contributed by atoms with van der Waals surface area (Å²) in [4.78, 5) is 28.3. The zero-order chi connectivity index (χ0) is 27.3. The molecule has 2 aromatic rings. The molecular weight excluding hydrogens is 541 g/mol. The fraction of sp³-hybridized carbons (Fsp3) is 0.440. The summed E-state index contributed by atoms with van der Waals surface area (Å²) >= 11 is 12.2. The Hall–Kier alpha value is -2.69. The van der Waals surface area contributed by atoms with Crippen LogP contribution < -0.4 is 19.1 Å². The summed E-state index contributed by atoms with van der Waals surface area (Å²) in [7, 11) is -3.87. The first-order valence-electron chi connectivity index (χ1n) is 11.9. The molecule has 2 amide bonds. The lowest BCUT2D eigenvalue weighted by molar-refractivity contribution is -0.140. The van der Waals surface area contributed by atoms with Gasteiger partial charge in [0.2, 0.25) is 28.6 Å². The lowest BCUT2D eigenvalue weighted by Gasteiger charge is -2.33. The first kappa shape index (κ1) is 28.9. The average molecular weight is 573 g/mol. The molecule has 1 N–H and O–H groups in total. The summed E-state index contributed by atoms with van der Waals surface area (Å²) < 4.78 is 37.2.